The molecular formula is C7H10N2OS. The van der Waals surface area contributed by atoms with E-state index in [1.807, 2.05) is 6.92 Å². The van der Waals surface area contributed by atoms with Crippen molar-refractivity contribution in [2.75, 3.05) is 0 Å². The summed E-state index contributed by atoms with van der Waals surface area (Å²) in [6.07, 6.45) is 2.66. The third kappa shape index (κ3) is 2.01. The van der Waals surface area contributed by atoms with Gasteiger partial charge in [0.1, 0.15) is 4.64 Å². The number of nitrogens with one attached hydrogen (secondary N) is 1. The fourth-order valence-electron chi connectivity index (χ4n) is 0.861. The van der Waals surface area contributed by atoms with E-state index in [4.69, 9.17) is 12.2 Å². The molecule has 1 aromatic heterocycles. The molecule has 3 nitrogen and oxygen atoms in total. The number of aryl methyl sites for hydroxylation is 1. The van der Waals surface area contributed by atoms with Gasteiger partial charge in [0, 0.05) is 12.7 Å². The molecule has 0 bridgehead atoms. The minimum Gasteiger partial charge on any atom is -0.301 e. The lowest BCUT2D eigenvalue weighted by molar-refractivity contribution is 0.634. The van der Waals surface area contributed by atoms with E-state index in [0.29, 0.717) is 4.64 Å². The van der Waals surface area contributed by atoms with Crippen LogP contribution >= 0.6 is 12.2 Å². The van der Waals surface area contributed by atoms with E-state index >= 15 is 0 Å². The van der Waals surface area contributed by atoms with Gasteiger partial charge >= 0.3 is 5.69 Å². The van der Waals surface area contributed by atoms with Crippen LogP contribution in [-0.2, 0) is 6.54 Å². The molecular weight excluding hydrogens is 160 g/mol. The summed E-state index contributed by atoms with van der Waals surface area (Å²) in [6, 6.07) is 1.71. The fraction of sp³-hybridized carbons (Fsp3) is 0.429. The van der Waals surface area contributed by atoms with Gasteiger partial charge in [0.25, 0.3) is 0 Å². The smallest absolute Gasteiger partial charge is 0.301 e. The molecule has 0 saturated carbocycles. The van der Waals surface area contributed by atoms with Crippen molar-refractivity contribution in [2.45, 2.75) is 19.9 Å². The maximum Gasteiger partial charge on any atom is 0.326 e. The van der Waals surface area contributed by atoms with Crippen molar-refractivity contribution in [3.8, 4) is 0 Å². The van der Waals surface area contributed by atoms with Gasteiger partial charge in [-0.25, -0.2) is 4.79 Å². The van der Waals surface area contributed by atoms with Gasteiger partial charge in [-0.05, 0) is 12.5 Å². The van der Waals surface area contributed by atoms with Crippen LogP contribution in [0.5, 0.6) is 0 Å². The Morgan fingerprint density at radius 1 is 1.73 bits per heavy atom. The van der Waals surface area contributed by atoms with Gasteiger partial charge in [0.05, 0.1) is 0 Å². The SMILES string of the molecule is CCCn1ccc(=S)[nH]c1=O. The van der Waals surface area contributed by atoms with Crippen LogP contribution in [0.15, 0.2) is 17.1 Å². The van der Waals surface area contributed by atoms with E-state index < -0.39 is 0 Å². The number of H-pyrrole nitrogens is 1. The largest absolute Gasteiger partial charge is 0.326 e. The van der Waals surface area contributed by atoms with Crippen LogP contribution in [0.2, 0.25) is 0 Å². The molecule has 0 atom stereocenters. The molecule has 1 aromatic rings. The van der Waals surface area contributed by atoms with E-state index in [2.05, 4.69) is 4.98 Å². The third-order valence-electron chi connectivity index (χ3n) is 1.36. The van der Waals surface area contributed by atoms with Crippen molar-refractivity contribution >= 4 is 12.2 Å². The number of aromatic nitrogens is 2. The summed E-state index contributed by atoms with van der Waals surface area (Å²) in [6.45, 7) is 2.76. The average molecular weight is 170 g/mol. The Kier molecular flexibility index (Phi) is 2.59. The first-order chi connectivity index (χ1) is 5.24. The molecule has 0 aliphatic rings. The van der Waals surface area contributed by atoms with Gasteiger partial charge in [0.15, 0.2) is 0 Å². The molecule has 1 N–H and O–H groups in total. The fourth-order valence-corrected chi connectivity index (χ4v) is 1.01. The molecule has 0 aliphatic carbocycles. The van der Waals surface area contributed by atoms with E-state index in [0.717, 1.165) is 13.0 Å². The standard InChI is InChI=1S/C7H10N2OS/c1-2-4-9-5-3-6(11)8-7(9)10/h3,5H,2,4H2,1H3,(H,8,10,11). The first kappa shape index (κ1) is 8.20. The zero-order valence-electron chi connectivity index (χ0n) is 6.33. The zero-order valence-corrected chi connectivity index (χ0v) is 7.15. The lowest BCUT2D eigenvalue weighted by Crippen LogP contribution is -2.21. The minimum absolute atomic E-state index is 0.126. The monoisotopic (exact) mass is 170 g/mol. The quantitative estimate of drug-likeness (QED) is 0.680. The molecule has 0 spiro atoms. The van der Waals surface area contributed by atoms with Crippen molar-refractivity contribution in [2.24, 2.45) is 0 Å². The first-order valence-electron chi connectivity index (χ1n) is 3.54. The Morgan fingerprint density at radius 3 is 3.00 bits per heavy atom. The normalized spacial score (nSPS) is 9.91. The molecule has 60 valence electrons. The molecule has 0 aromatic carbocycles. The number of hydrogen-bond acceptors (Lipinski definition) is 2. The Hall–Kier alpha value is -0.900. The second-order valence-corrected chi connectivity index (χ2v) is 2.74. The lowest BCUT2D eigenvalue weighted by atomic mass is 10.5. The second kappa shape index (κ2) is 3.48. The van der Waals surface area contributed by atoms with E-state index in [9.17, 15) is 4.79 Å². The Bertz CT molecular complexity index is 339. The average Bonchev–Trinajstić information content (AvgIpc) is 1.95. The number of nitrogens with zero attached hydrogens (tertiary/aromatic N) is 1. The summed E-state index contributed by atoms with van der Waals surface area (Å²) >= 11 is 4.77. The number of aromatic amines is 1. The molecule has 11 heavy (non-hydrogen) atoms. The van der Waals surface area contributed by atoms with Crippen LogP contribution in [-0.4, -0.2) is 9.55 Å². The number of rotatable bonds is 2. The highest BCUT2D eigenvalue weighted by molar-refractivity contribution is 7.71. The van der Waals surface area contributed by atoms with Gasteiger partial charge in [-0.2, -0.15) is 0 Å². The van der Waals surface area contributed by atoms with Crippen molar-refractivity contribution < 1.29 is 0 Å². The molecule has 0 aliphatic heterocycles. The van der Waals surface area contributed by atoms with Crippen LogP contribution in [0, 0.1) is 4.64 Å². The zero-order chi connectivity index (χ0) is 8.27. The highest BCUT2D eigenvalue weighted by Gasteiger charge is 1.90. The maximum absolute atomic E-state index is 11.1. The van der Waals surface area contributed by atoms with Crippen molar-refractivity contribution in [1.29, 1.82) is 0 Å². The summed E-state index contributed by atoms with van der Waals surface area (Å²) in [4.78, 5) is 13.6. The second-order valence-electron chi connectivity index (χ2n) is 2.30. The summed E-state index contributed by atoms with van der Waals surface area (Å²) in [5.41, 5.74) is -0.126. The van der Waals surface area contributed by atoms with Crippen LogP contribution < -0.4 is 5.69 Å². The molecule has 0 radical (unpaired) electrons. The highest BCUT2D eigenvalue weighted by atomic mass is 32.1. The third-order valence-corrected chi connectivity index (χ3v) is 1.60. The topological polar surface area (TPSA) is 37.8 Å². The molecule has 4 heteroatoms. The van der Waals surface area contributed by atoms with Crippen LogP contribution in [0.3, 0.4) is 0 Å². The predicted octanol–water partition coefficient (Wildman–Crippen LogP) is 1.32. The Balaban J connectivity index is 3.10. The summed E-state index contributed by atoms with van der Waals surface area (Å²) < 4.78 is 2.10. The van der Waals surface area contributed by atoms with Gasteiger partial charge in [-0.1, -0.05) is 19.1 Å². The van der Waals surface area contributed by atoms with Crippen molar-refractivity contribution in [1.82, 2.24) is 9.55 Å². The predicted molar refractivity (Wildman–Crippen MR) is 46.2 cm³/mol. The molecule has 0 amide bonds. The lowest BCUT2D eigenvalue weighted by Gasteiger charge is -1.99. The van der Waals surface area contributed by atoms with E-state index in [-0.39, 0.29) is 5.69 Å². The molecule has 0 fully saturated rings. The molecule has 0 saturated heterocycles. The van der Waals surface area contributed by atoms with E-state index in [1.165, 1.54) is 0 Å². The summed E-state index contributed by atoms with van der Waals surface area (Å²) in [5, 5.41) is 0. The number of hydrogen-bond donors (Lipinski definition) is 1. The maximum atomic E-state index is 11.1. The first-order valence-corrected chi connectivity index (χ1v) is 3.94. The van der Waals surface area contributed by atoms with Gasteiger partial charge in [-0.15, -0.1) is 0 Å². The highest BCUT2D eigenvalue weighted by Crippen LogP contribution is 1.85. The van der Waals surface area contributed by atoms with Gasteiger partial charge < -0.3 is 4.57 Å². The summed E-state index contributed by atoms with van der Waals surface area (Å²) in [7, 11) is 0. The minimum atomic E-state index is -0.126. The molecule has 1 rings (SSSR count). The summed E-state index contributed by atoms with van der Waals surface area (Å²) in [5.74, 6) is 0. The van der Waals surface area contributed by atoms with Crippen LogP contribution in [0.1, 0.15) is 13.3 Å². The van der Waals surface area contributed by atoms with Crippen LogP contribution in [0.25, 0.3) is 0 Å². The van der Waals surface area contributed by atoms with Gasteiger partial charge in [0.2, 0.25) is 0 Å². The Labute approximate surface area is 69.7 Å². The van der Waals surface area contributed by atoms with E-state index in [1.54, 1.807) is 16.8 Å². The molecule has 1 heterocycles. The Morgan fingerprint density at radius 2 is 2.45 bits per heavy atom. The molecule has 0 unspecified atom stereocenters. The van der Waals surface area contributed by atoms with Crippen molar-refractivity contribution in [3.05, 3.63) is 27.4 Å². The van der Waals surface area contributed by atoms with Crippen LogP contribution in [0.4, 0.5) is 0 Å². The van der Waals surface area contributed by atoms with Gasteiger partial charge in [-0.3, -0.25) is 4.98 Å². The van der Waals surface area contributed by atoms with Crippen molar-refractivity contribution in [3.63, 3.8) is 0 Å².